The number of benzene rings is 2. The van der Waals surface area contributed by atoms with Gasteiger partial charge in [0.2, 0.25) is 5.91 Å². The molecule has 0 saturated heterocycles. The maximum Gasteiger partial charge on any atom is 0.271 e. The Bertz CT molecular complexity index is 1060. The highest BCUT2D eigenvalue weighted by Crippen LogP contribution is 2.23. The first-order chi connectivity index (χ1) is 13.3. The number of nitrogens with zero attached hydrogens (tertiary/aromatic N) is 2. The van der Waals surface area contributed by atoms with E-state index >= 15 is 0 Å². The van der Waals surface area contributed by atoms with Crippen LogP contribution in [0.5, 0.6) is 0 Å². The van der Waals surface area contributed by atoms with Gasteiger partial charge in [-0.1, -0.05) is 29.4 Å². The molecule has 0 bridgehead atoms. The average molecular weight is 414 g/mol. The standard InChI is InChI=1S/C21H20ClN3O2S/c1-13-4-9-18(12-14(13)2)25-20(26)11-10-19(24-25)28-15(3)21(27)23-17-7-5-16(22)6-8-17/h4-12,15H,1-3H3,(H,23,27). The number of anilines is 1. The molecule has 1 N–H and O–H groups in total. The summed E-state index contributed by atoms with van der Waals surface area (Å²) in [6, 6.07) is 15.8. The molecule has 0 spiro atoms. The molecule has 144 valence electrons. The fraction of sp³-hybridized carbons (Fsp3) is 0.190. The van der Waals surface area contributed by atoms with Crippen molar-refractivity contribution in [1.29, 1.82) is 0 Å². The normalized spacial score (nSPS) is 11.9. The molecule has 1 aromatic heterocycles. The second kappa shape index (κ2) is 8.63. The van der Waals surface area contributed by atoms with Crippen molar-refractivity contribution >= 4 is 35.0 Å². The van der Waals surface area contributed by atoms with E-state index < -0.39 is 5.25 Å². The Morgan fingerprint density at radius 1 is 1.07 bits per heavy atom. The van der Waals surface area contributed by atoms with Crippen molar-refractivity contribution in [1.82, 2.24) is 9.78 Å². The van der Waals surface area contributed by atoms with Crippen molar-refractivity contribution in [3.8, 4) is 5.69 Å². The molecule has 1 amide bonds. The van der Waals surface area contributed by atoms with Crippen LogP contribution >= 0.6 is 23.4 Å². The predicted molar refractivity (Wildman–Crippen MR) is 115 cm³/mol. The van der Waals surface area contributed by atoms with Crippen LogP contribution in [0.4, 0.5) is 5.69 Å². The summed E-state index contributed by atoms with van der Waals surface area (Å²) in [5, 5.41) is 8.08. The van der Waals surface area contributed by atoms with Gasteiger partial charge in [0.15, 0.2) is 0 Å². The van der Waals surface area contributed by atoms with Crippen molar-refractivity contribution in [3.63, 3.8) is 0 Å². The number of thioether (sulfide) groups is 1. The van der Waals surface area contributed by atoms with Gasteiger partial charge in [0.25, 0.3) is 5.56 Å². The van der Waals surface area contributed by atoms with Crippen LogP contribution in [0, 0.1) is 13.8 Å². The van der Waals surface area contributed by atoms with E-state index in [-0.39, 0.29) is 11.5 Å². The Morgan fingerprint density at radius 2 is 1.79 bits per heavy atom. The van der Waals surface area contributed by atoms with Crippen LogP contribution in [0.1, 0.15) is 18.1 Å². The lowest BCUT2D eigenvalue weighted by atomic mass is 10.1. The van der Waals surface area contributed by atoms with Crippen molar-refractivity contribution in [3.05, 3.63) is 81.1 Å². The number of carbonyl (C=O) groups is 1. The number of aryl methyl sites for hydroxylation is 2. The van der Waals surface area contributed by atoms with Crippen LogP contribution in [-0.4, -0.2) is 20.9 Å². The molecule has 28 heavy (non-hydrogen) atoms. The van der Waals surface area contributed by atoms with E-state index in [1.807, 2.05) is 32.0 Å². The van der Waals surface area contributed by atoms with Crippen LogP contribution in [0.2, 0.25) is 5.02 Å². The third kappa shape index (κ3) is 4.82. The number of hydrogen-bond donors (Lipinski definition) is 1. The highest BCUT2D eigenvalue weighted by Gasteiger charge is 2.16. The first kappa shape index (κ1) is 20.2. The lowest BCUT2D eigenvalue weighted by molar-refractivity contribution is -0.115. The average Bonchev–Trinajstić information content (AvgIpc) is 2.67. The molecule has 3 aromatic rings. The van der Waals surface area contributed by atoms with E-state index in [4.69, 9.17) is 11.6 Å². The van der Waals surface area contributed by atoms with Gasteiger partial charge in [0, 0.05) is 16.8 Å². The summed E-state index contributed by atoms with van der Waals surface area (Å²) in [6.45, 7) is 5.80. The smallest absolute Gasteiger partial charge is 0.271 e. The van der Waals surface area contributed by atoms with Gasteiger partial charge in [-0.2, -0.15) is 9.78 Å². The third-order valence-corrected chi connectivity index (χ3v) is 5.57. The Hall–Kier alpha value is -2.57. The summed E-state index contributed by atoms with van der Waals surface area (Å²) < 4.78 is 1.36. The van der Waals surface area contributed by atoms with E-state index in [2.05, 4.69) is 10.4 Å². The summed E-state index contributed by atoms with van der Waals surface area (Å²) in [5.74, 6) is -0.155. The van der Waals surface area contributed by atoms with E-state index in [0.29, 0.717) is 21.4 Å². The molecule has 5 nitrogen and oxygen atoms in total. The summed E-state index contributed by atoms with van der Waals surface area (Å²) in [7, 11) is 0. The highest BCUT2D eigenvalue weighted by atomic mass is 35.5. The number of amides is 1. The molecule has 0 saturated carbocycles. The van der Waals surface area contributed by atoms with Crippen LogP contribution in [-0.2, 0) is 4.79 Å². The summed E-state index contributed by atoms with van der Waals surface area (Å²) >= 11 is 7.15. The van der Waals surface area contributed by atoms with Crippen molar-refractivity contribution in [2.24, 2.45) is 0 Å². The molecule has 0 radical (unpaired) electrons. The molecular weight excluding hydrogens is 394 g/mol. The largest absolute Gasteiger partial charge is 0.325 e. The van der Waals surface area contributed by atoms with Crippen LogP contribution < -0.4 is 10.9 Å². The van der Waals surface area contributed by atoms with E-state index in [1.165, 1.54) is 22.5 Å². The van der Waals surface area contributed by atoms with Gasteiger partial charge >= 0.3 is 0 Å². The molecule has 3 rings (SSSR count). The predicted octanol–water partition coefficient (Wildman–Crippen LogP) is 4.62. The first-order valence-corrected chi connectivity index (χ1v) is 10.0. The lowest BCUT2D eigenvalue weighted by Gasteiger charge is -2.13. The van der Waals surface area contributed by atoms with Crippen LogP contribution in [0.3, 0.4) is 0 Å². The van der Waals surface area contributed by atoms with E-state index in [1.54, 1.807) is 37.3 Å². The number of halogens is 1. The maximum absolute atomic E-state index is 12.4. The minimum Gasteiger partial charge on any atom is -0.325 e. The zero-order valence-corrected chi connectivity index (χ0v) is 17.3. The number of carbonyl (C=O) groups excluding carboxylic acids is 1. The Labute approximate surface area is 172 Å². The van der Waals surface area contributed by atoms with Gasteiger partial charge in [-0.3, -0.25) is 9.59 Å². The lowest BCUT2D eigenvalue weighted by Crippen LogP contribution is -2.24. The van der Waals surface area contributed by atoms with Crippen molar-refractivity contribution < 1.29 is 4.79 Å². The fourth-order valence-corrected chi connectivity index (χ4v) is 3.44. The molecular formula is C21H20ClN3O2S. The molecule has 0 aliphatic carbocycles. The molecule has 0 fully saturated rings. The van der Waals surface area contributed by atoms with E-state index in [0.717, 1.165) is 11.1 Å². The number of nitrogens with one attached hydrogen (secondary N) is 1. The minimum atomic E-state index is -0.395. The molecule has 7 heteroatoms. The van der Waals surface area contributed by atoms with Gasteiger partial charge in [0.05, 0.1) is 10.9 Å². The van der Waals surface area contributed by atoms with Gasteiger partial charge in [-0.15, -0.1) is 0 Å². The Balaban J connectivity index is 1.76. The monoisotopic (exact) mass is 413 g/mol. The first-order valence-electron chi connectivity index (χ1n) is 8.74. The molecule has 1 unspecified atom stereocenters. The number of aromatic nitrogens is 2. The van der Waals surface area contributed by atoms with Crippen LogP contribution in [0.25, 0.3) is 5.69 Å². The number of hydrogen-bond acceptors (Lipinski definition) is 4. The summed E-state index contributed by atoms with van der Waals surface area (Å²) in [6.07, 6.45) is 0. The molecule has 2 aromatic carbocycles. The minimum absolute atomic E-state index is 0.155. The zero-order valence-electron chi connectivity index (χ0n) is 15.8. The van der Waals surface area contributed by atoms with E-state index in [9.17, 15) is 9.59 Å². The van der Waals surface area contributed by atoms with Crippen molar-refractivity contribution in [2.45, 2.75) is 31.0 Å². The summed E-state index contributed by atoms with van der Waals surface area (Å²) in [5.41, 5.74) is 3.39. The Morgan fingerprint density at radius 3 is 2.46 bits per heavy atom. The SMILES string of the molecule is Cc1ccc(-n2nc(SC(C)C(=O)Nc3ccc(Cl)cc3)ccc2=O)cc1C. The van der Waals surface area contributed by atoms with Crippen molar-refractivity contribution in [2.75, 3.05) is 5.32 Å². The van der Waals surface area contributed by atoms with Gasteiger partial charge in [-0.25, -0.2) is 0 Å². The zero-order chi connectivity index (χ0) is 20.3. The second-order valence-electron chi connectivity index (χ2n) is 6.45. The summed E-state index contributed by atoms with van der Waals surface area (Å²) in [4.78, 5) is 24.7. The quantitative estimate of drug-likeness (QED) is 0.620. The van der Waals surface area contributed by atoms with Gasteiger partial charge in [-0.05, 0) is 74.4 Å². The Kier molecular flexibility index (Phi) is 6.21. The molecule has 0 aliphatic rings. The number of rotatable bonds is 5. The fourth-order valence-electron chi connectivity index (χ4n) is 2.51. The highest BCUT2D eigenvalue weighted by molar-refractivity contribution is 8.00. The van der Waals surface area contributed by atoms with Crippen LogP contribution in [0.15, 0.2) is 64.4 Å². The van der Waals surface area contributed by atoms with Gasteiger partial charge in [0.1, 0.15) is 5.03 Å². The molecule has 1 heterocycles. The molecule has 1 atom stereocenters. The molecule has 0 aliphatic heterocycles. The second-order valence-corrected chi connectivity index (χ2v) is 8.24. The topological polar surface area (TPSA) is 64.0 Å². The third-order valence-electron chi connectivity index (χ3n) is 4.29. The van der Waals surface area contributed by atoms with Gasteiger partial charge < -0.3 is 5.32 Å². The maximum atomic E-state index is 12.4.